The minimum atomic E-state index is 0.479. The van der Waals surface area contributed by atoms with E-state index in [9.17, 15) is 0 Å². The Labute approximate surface area is 101 Å². The maximum atomic E-state index is 9.08. The molecule has 0 saturated heterocycles. The molecule has 86 valence electrons. The lowest BCUT2D eigenvalue weighted by Crippen LogP contribution is -2.03. The number of aryl methyl sites for hydroxylation is 1. The molecular weight excluding hydrogens is 222 g/mol. The second-order valence-electron chi connectivity index (χ2n) is 4.84. The van der Waals surface area contributed by atoms with Crippen LogP contribution in [0.5, 0.6) is 0 Å². The third-order valence-corrected chi connectivity index (χ3v) is 3.30. The fourth-order valence-corrected chi connectivity index (χ4v) is 1.99. The zero-order valence-corrected chi connectivity index (χ0v) is 10.5. The SMILES string of the molecule is CC(C)CCn1nc(C2CC2)c(C#N)c1Cl. The molecule has 1 fully saturated rings. The van der Waals surface area contributed by atoms with Crippen LogP contribution in [0.2, 0.25) is 5.15 Å². The minimum Gasteiger partial charge on any atom is -0.252 e. The molecule has 0 aliphatic heterocycles. The predicted molar refractivity (Wildman–Crippen MR) is 63.4 cm³/mol. The molecule has 1 aromatic rings. The van der Waals surface area contributed by atoms with Gasteiger partial charge in [0, 0.05) is 12.5 Å². The van der Waals surface area contributed by atoms with Crippen LogP contribution in [0.4, 0.5) is 0 Å². The second-order valence-corrected chi connectivity index (χ2v) is 5.20. The van der Waals surface area contributed by atoms with Crippen molar-refractivity contribution in [2.45, 2.75) is 45.6 Å². The number of halogens is 1. The fraction of sp³-hybridized carbons (Fsp3) is 0.667. The number of rotatable bonds is 4. The quantitative estimate of drug-likeness (QED) is 0.806. The topological polar surface area (TPSA) is 41.6 Å². The van der Waals surface area contributed by atoms with Gasteiger partial charge in [0.25, 0.3) is 0 Å². The van der Waals surface area contributed by atoms with Crippen molar-refractivity contribution < 1.29 is 0 Å². The first-order valence-electron chi connectivity index (χ1n) is 5.79. The third-order valence-electron chi connectivity index (χ3n) is 2.91. The van der Waals surface area contributed by atoms with Gasteiger partial charge >= 0.3 is 0 Å². The Kier molecular flexibility index (Phi) is 3.20. The van der Waals surface area contributed by atoms with Crippen molar-refractivity contribution in [1.82, 2.24) is 9.78 Å². The molecule has 1 heterocycles. The van der Waals surface area contributed by atoms with Crippen molar-refractivity contribution in [3.05, 3.63) is 16.4 Å². The van der Waals surface area contributed by atoms with Gasteiger partial charge in [0.1, 0.15) is 16.8 Å². The van der Waals surface area contributed by atoms with Gasteiger partial charge in [0.15, 0.2) is 0 Å². The van der Waals surface area contributed by atoms with Gasteiger partial charge in [-0.2, -0.15) is 10.4 Å². The lowest BCUT2D eigenvalue weighted by Gasteiger charge is -2.05. The van der Waals surface area contributed by atoms with Crippen molar-refractivity contribution in [2.24, 2.45) is 5.92 Å². The summed E-state index contributed by atoms with van der Waals surface area (Å²) < 4.78 is 1.79. The van der Waals surface area contributed by atoms with Gasteiger partial charge < -0.3 is 0 Å². The van der Waals surface area contributed by atoms with E-state index in [2.05, 4.69) is 25.0 Å². The molecule has 0 aromatic carbocycles. The summed E-state index contributed by atoms with van der Waals surface area (Å²) in [5.74, 6) is 1.10. The normalized spacial score (nSPS) is 15.4. The minimum absolute atomic E-state index is 0.479. The molecule has 1 saturated carbocycles. The summed E-state index contributed by atoms with van der Waals surface area (Å²) >= 11 is 6.16. The average molecular weight is 238 g/mol. The molecule has 0 bridgehead atoms. The highest BCUT2D eigenvalue weighted by atomic mass is 35.5. The Hall–Kier alpha value is -1.01. The van der Waals surface area contributed by atoms with E-state index >= 15 is 0 Å². The average Bonchev–Trinajstić information content (AvgIpc) is 3.01. The van der Waals surface area contributed by atoms with E-state index in [-0.39, 0.29) is 0 Å². The van der Waals surface area contributed by atoms with Crippen LogP contribution in [0.3, 0.4) is 0 Å². The Bertz CT molecular complexity index is 424. The van der Waals surface area contributed by atoms with E-state index in [1.54, 1.807) is 4.68 Å². The van der Waals surface area contributed by atoms with Crippen LogP contribution in [0.25, 0.3) is 0 Å². The van der Waals surface area contributed by atoms with Gasteiger partial charge in [-0.15, -0.1) is 0 Å². The molecule has 0 spiro atoms. The van der Waals surface area contributed by atoms with Crippen molar-refractivity contribution in [3.63, 3.8) is 0 Å². The summed E-state index contributed by atoms with van der Waals surface area (Å²) in [6, 6.07) is 2.18. The molecule has 0 radical (unpaired) electrons. The van der Waals surface area contributed by atoms with Crippen LogP contribution in [0.15, 0.2) is 0 Å². The number of hydrogen-bond donors (Lipinski definition) is 0. The van der Waals surface area contributed by atoms with Crippen molar-refractivity contribution >= 4 is 11.6 Å². The molecule has 2 rings (SSSR count). The van der Waals surface area contributed by atoms with Crippen molar-refractivity contribution in [1.29, 1.82) is 5.26 Å². The zero-order chi connectivity index (χ0) is 11.7. The molecule has 3 nitrogen and oxygen atoms in total. The van der Waals surface area contributed by atoms with Crippen LogP contribution < -0.4 is 0 Å². The van der Waals surface area contributed by atoms with Crippen LogP contribution in [0, 0.1) is 17.2 Å². The van der Waals surface area contributed by atoms with Crippen LogP contribution >= 0.6 is 11.6 Å². The lowest BCUT2D eigenvalue weighted by atomic mass is 10.1. The summed E-state index contributed by atoms with van der Waals surface area (Å²) in [5, 5.41) is 14.1. The van der Waals surface area contributed by atoms with E-state index in [4.69, 9.17) is 16.9 Å². The van der Waals surface area contributed by atoms with E-state index in [1.165, 1.54) is 0 Å². The smallest absolute Gasteiger partial charge is 0.145 e. The van der Waals surface area contributed by atoms with Gasteiger partial charge in [0.2, 0.25) is 0 Å². The van der Waals surface area contributed by atoms with Gasteiger partial charge in [-0.3, -0.25) is 4.68 Å². The molecule has 1 aliphatic carbocycles. The summed E-state index contributed by atoms with van der Waals surface area (Å²) in [7, 11) is 0. The first kappa shape index (κ1) is 11.5. The maximum Gasteiger partial charge on any atom is 0.145 e. The first-order valence-corrected chi connectivity index (χ1v) is 6.17. The van der Waals surface area contributed by atoms with Crippen LogP contribution in [-0.4, -0.2) is 9.78 Å². The van der Waals surface area contributed by atoms with Crippen LogP contribution in [0.1, 0.15) is 50.3 Å². The molecule has 0 unspecified atom stereocenters. The standard InChI is InChI=1S/C12H16ClN3/c1-8(2)5-6-16-12(13)10(7-14)11(15-16)9-3-4-9/h8-9H,3-6H2,1-2H3. The van der Waals surface area contributed by atoms with Gasteiger partial charge in [-0.05, 0) is 25.2 Å². The first-order chi connectivity index (χ1) is 7.63. The Morgan fingerprint density at radius 2 is 2.25 bits per heavy atom. The molecule has 16 heavy (non-hydrogen) atoms. The highest BCUT2D eigenvalue weighted by Crippen LogP contribution is 2.42. The number of aromatic nitrogens is 2. The van der Waals surface area contributed by atoms with Gasteiger partial charge in [-0.1, -0.05) is 25.4 Å². The van der Waals surface area contributed by atoms with Gasteiger partial charge in [0.05, 0.1) is 5.69 Å². The Morgan fingerprint density at radius 3 is 2.75 bits per heavy atom. The molecular formula is C12H16ClN3. The van der Waals surface area contributed by atoms with E-state index in [1.807, 2.05) is 0 Å². The summed E-state index contributed by atoms with van der Waals surface area (Å²) in [6.45, 7) is 5.15. The highest BCUT2D eigenvalue weighted by Gasteiger charge is 2.31. The second kappa shape index (κ2) is 4.47. The van der Waals surface area contributed by atoms with Gasteiger partial charge in [-0.25, -0.2) is 0 Å². The van der Waals surface area contributed by atoms with E-state index in [0.29, 0.717) is 22.6 Å². The van der Waals surface area contributed by atoms with Crippen molar-refractivity contribution in [3.8, 4) is 6.07 Å². The molecule has 4 heteroatoms. The molecule has 1 aliphatic rings. The molecule has 1 aromatic heterocycles. The summed E-state index contributed by atoms with van der Waals surface area (Å²) in [5.41, 5.74) is 1.50. The third kappa shape index (κ3) is 2.22. The molecule has 0 atom stereocenters. The largest absolute Gasteiger partial charge is 0.252 e. The summed E-state index contributed by atoms with van der Waals surface area (Å²) in [6.07, 6.45) is 3.33. The molecule has 0 N–H and O–H groups in total. The Balaban J connectivity index is 2.22. The lowest BCUT2D eigenvalue weighted by molar-refractivity contribution is 0.485. The number of hydrogen-bond acceptors (Lipinski definition) is 2. The van der Waals surface area contributed by atoms with E-state index in [0.717, 1.165) is 31.5 Å². The van der Waals surface area contributed by atoms with Crippen LogP contribution in [-0.2, 0) is 6.54 Å². The Morgan fingerprint density at radius 1 is 1.56 bits per heavy atom. The van der Waals surface area contributed by atoms with E-state index < -0.39 is 0 Å². The summed E-state index contributed by atoms with van der Waals surface area (Å²) in [4.78, 5) is 0. The highest BCUT2D eigenvalue weighted by molar-refractivity contribution is 6.30. The number of nitrogens with zero attached hydrogens (tertiary/aromatic N) is 3. The fourth-order valence-electron chi connectivity index (χ4n) is 1.73. The number of nitriles is 1. The predicted octanol–water partition coefficient (Wildman–Crippen LogP) is 3.33. The maximum absolute atomic E-state index is 9.08. The van der Waals surface area contributed by atoms with Crippen molar-refractivity contribution in [2.75, 3.05) is 0 Å². The zero-order valence-electron chi connectivity index (χ0n) is 9.70. The molecule has 0 amide bonds. The monoisotopic (exact) mass is 237 g/mol.